The molecule has 21 heavy (non-hydrogen) atoms. The summed E-state index contributed by atoms with van der Waals surface area (Å²) in [6.45, 7) is 0.325. The zero-order valence-corrected chi connectivity index (χ0v) is 11.8. The maximum atomic E-state index is 11.7. The molecule has 0 aliphatic carbocycles. The van der Waals surface area contributed by atoms with Crippen molar-refractivity contribution in [2.24, 2.45) is 0 Å². The molecule has 106 valence electrons. The van der Waals surface area contributed by atoms with Gasteiger partial charge in [-0.25, -0.2) is 4.68 Å². The summed E-state index contributed by atoms with van der Waals surface area (Å²) < 4.78 is 6.78. The monoisotopic (exact) mass is 300 g/mol. The van der Waals surface area contributed by atoms with Crippen molar-refractivity contribution in [3.05, 3.63) is 58.9 Å². The molecule has 0 aliphatic rings. The zero-order chi connectivity index (χ0) is 14.5. The van der Waals surface area contributed by atoms with E-state index in [1.807, 2.05) is 16.8 Å². The predicted molar refractivity (Wildman–Crippen MR) is 78.8 cm³/mol. The highest BCUT2D eigenvalue weighted by atomic mass is 32.1. The molecule has 0 bridgehead atoms. The minimum atomic E-state index is -0.212. The molecule has 0 fully saturated rings. The minimum absolute atomic E-state index is 0.212. The third-order valence-corrected chi connectivity index (χ3v) is 3.37. The van der Waals surface area contributed by atoms with Gasteiger partial charge in [0, 0.05) is 11.5 Å². The largest absolute Gasteiger partial charge is 0.465 e. The van der Waals surface area contributed by atoms with Gasteiger partial charge in [0.1, 0.15) is 11.5 Å². The van der Waals surface area contributed by atoms with Gasteiger partial charge in [-0.2, -0.15) is 11.3 Å². The summed E-state index contributed by atoms with van der Waals surface area (Å²) in [5.41, 5.74) is 1.66. The fraction of sp³-hybridized carbons (Fsp3) is 0.0714. The van der Waals surface area contributed by atoms with E-state index in [4.69, 9.17) is 4.42 Å². The molecule has 6 nitrogen and oxygen atoms in total. The van der Waals surface area contributed by atoms with Gasteiger partial charge in [0.25, 0.3) is 0 Å². The van der Waals surface area contributed by atoms with Gasteiger partial charge < -0.3 is 9.73 Å². The third-order valence-electron chi connectivity index (χ3n) is 2.70. The molecule has 0 spiro atoms. The van der Waals surface area contributed by atoms with Crippen molar-refractivity contribution in [2.75, 3.05) is 0 Å². The lowest BCUT2D eigenvalue weighted by molar-refractivity contribution is -0.116. The first-order valence-electron chi connectivity index (χ1n) is 6.24. The summed E-state index contributed by atoms with van der Waals surface area (Å²) in [4.78, 5) is 11.7. The maximum absolute atomic E-state index is 11.7. The van der Waals surface area contributed by atoms with Crippen LogP contribution in [0.3, 0.4) is 0 Å². The number of nitrogens with one attached hydrogen (secondary N) is 1. The molecule has 0 saturated heterocycles. The summed E-state index contributed by atoms with van der Waals surface area (Å²) in [6, 6.07) is 5.49. The lowest BCUT2D eigenvalue weighted by Gasteiger charge is -1.97. The van der Waals surface area contributed by atoms with Crippen molar-refractivity contribution in [3.8, 4) is 5.69 Å². The molecule has 3 aromatic heterocycles. The van der Waals surface area contributed by atoms with Crippen LogP contribution < -0.4 is 5.32 Å². The Bertz CT molecular complexity index is 729. The van der Waals surface area contributed by atoms with E-state index in [1.165, 1.54) is 6.08 Å². The van der Waals surface area contributed by atoms with Crippen LogP contribution in [-0.4, -0.2) is 20.9 Å². The van der Waals surface area contributed by atoms with Crippen LogP contribution in [0, 0.1) is 0 Å². The molecule has 0 saturated carbocycles. The average Bonchev–Trinajstić information content (AvgIpc) is 3.24. The molecule has 3 heterocycles. The van der Waals surface area contributed by atoms with Gasteiger partial charge in [-0.1, -0.05) is 5.21 Å². The van der Waals surface area contributed by atoms with Crippen LogP contribution in [0.15, 0.2) is 51.9 Å². The predicted octanol–water partition coefficient (Wildman–Crippen LogP) is 2.25. The zero-order valence-electron chi connectivity index (χ0n) is 11.0. The highest BCUT2D eigenvalue weighted by molar-refractivity contribution is 7.08. The number of hydrogen-bond donors (Lipinski definition) is 1. The van der Waals surface area contributed by atoms with Gasteiger partial charge >= 0.3 is 0 Å². The van der Waals surface area contributed by atoms with Crippen LogP contribution in [0.2, 0.25) is 0 Å². The minimum Gasteiger partial charge on any atom is -0.465 e. The van der Waals surface area contributed by atoms with Gasteiger partial charge in [0.05, 0.1) is 24.7 Å². The standard InChI is InChI=1S/C14H12N4O2S/c19-14(4-3-13-2-1-6-20-13)15-8-11-9-18(17-16-11)12-5-7-21-10-12/h1-7,9-10H,8H2,(H,15,19)/b4-3+. The van der Waals surface area contributed by atoms with Crippen molar-refractivity contribution in [1.82, 2.24) is 20.3 Å². The molecular formula is C14H12N4O2S. The number of furan rings is 1. The van der Waals surface area contributed by atoms with Gasteiger partial charge in [0.15, 0.2) is 0 Å². The number of carbonyl (C=O) groups is 1. The number of thiophene rings is 1. The molecule has 1 N–H and O–H groups in total. The van der Waals surface area contributed by atoms with Crippen molar-refractivity contribution in [1.29, 1.82) is 0 Å². The Morgan fingerprint density at radius 3 is 3.19 bits per heavy atom. The van der Waals surface area contributed by atoms with E-state index in [9.17, 15) is 4.79 Å². The Morgan fingerprint density at radius 1 is 1.48 bits per heavy atom. The fourth-order valence-corrected chi connectivity index (χ4v) is 2.30. The molecule has 3 aromatic rings. The highest BCUT2D eigenvalue weighted by Crippen LogP contribution is 2.10. The number of rotatable bonds is 5. The molecule has 1 amide bonds. The molecule has 0 atom stereocenters. The smallest absolute Gasteiger partial charge is 0.244 e. The summed E-state index contributed by atoms with van der Waals surface area (Å²) >= 11 is 1.59. The molecule has 7 heteroatoms. The second-order valence-electron chi connectivity index (χ2n) is 4.20. The number of carbonyl (C=O) groups excluding carboxylic acids is 1. The lowest BCUT2D eigenvalue weighted by atomic mass is 10.3. The van der Waals surface area contributed by atoms with Crippen molar-refractivity contribution >= 4 is 23.3 Å². The van der Waals surface area contributed by atoms with Crippen LogP contribution in [0.5, 0.6) is 0 Å². The Morgan fingerprint density at radius 2 is 2.43 bits per heavy atom. The molecular weight excluding hydrogens is 288 g/mol. The van der Waals surface area contributed by atoms with Crippen LogP contribution in [-0.2, 0) is 11.3 Å². The Balaban J connectivity index is 1.54. The number of aromatic nitrogens is 3. The highest BCUT2D eigenvalue weighted by Gasteiger charge is 2.04. The van der Waals surface area contributed by atoms with Crippen molar-refractivity contribution in [2.45, 2.75) is 6.54 Å². The van der Waals surface area contributed by atoms with Crippen LogP contribution >= 0.6 is 11.3 Å². The molecule has 0 unspecified atom stereocenters. The van der Waals surface area contributed by atoms with Gasteiger partial charge in [-0.15, -0.1) is 5.10 Å². The quantitative estimate of drug-likeness (QED) is 0.733. The molecule has 0 aliphatic heterocycles. The van der Waals surface area contributed by atoms with E-state index in [1.54, 1.807) is 46.7 Å². The first-order chi connectivity index (χ1) is 10.3. The van der Waals surface area contributed by atoms with Crippen LogP contribution in [0.1, 0.15) is 11.5 Å². The lowest BCUT2D eigenvalue weighted by Crippen LogP contribution is -2.20. The van der Waals surface area contributed by atoms with Crippen LogP contribution in [0.25, 0.3) is 11.8 Å². The number of amides is 1. The van der Waals surface area contributed by atoms with E-state index in [0.717, 1.165) is 5.69 Å². The second kappa shape index (κ2) is 6.19. The third kappa shape index (κ3) is 3.46. The van der Waals surface area contributed by atoms with E-state index < -0.39 is 0 Å². The first-order valence-corrected chi connectivity index (χ1v) is 7.19. The van der Waals surface area contributed by atoms with Crippen molar-refractivity contribution < 1.29 is 9.21 Å². The Kier molecular flexibility index (Phi) is 3.92. The summed E-state index contributed by atoms with van der Waals surface area (Å²) in [6.07, 6.45) is 6.37. The Hall–Kier alpha value is -2.67. The maximum Gasteiger partial charge on any atom is 0.244 e. The average molecular weight is 300 g/mol. The molecule has 0 aromatic carbocycles. The SMILES string of the molecule is O=C(/C=C/c1ccco1)NCc1cn(-c2ccsc2)nn1. The number of nitrogens with zero attached hydrogens (tertiary/aromatic N) is 3. The number of hydrogen-bond acceptors (Lipinski definition) is 5. The molecule has 3 rings (SSSR count). The van der Waals surface area contributed by atoms with Crippen LogP contribution in [0.4, 0.5) is 0 Å². The molecule has 0 radical (unpaired) electrons. The van der Waals surface area contributed by atoms with E-state index in [2.05, 4.69) is 15.6 Å². The van der Waals surface area contributed by atoms with E-state index in [-0.39, 0.29) is 5.91 Å². The normalized spacial score (nSPS) is 11.0. The first kappa shape index (κ1) is 13.3. The van der Waals surface area contributed by atoms with Gasteiger partial charge in [-0.3, -0.25) is 4.79 Å². The van der Waals surface area contributed by atoms with E-state index >= 15 is 0 Å². The van der Waals surface area contributed by atoms with Crippen molar-refractivity contribution in [3.63, 3.8) is 0 Å². The van der Waals surface area contributed by atoms with Gasteiger partial charge in [0.2, 0.25) is 5.91 Å². The van der Waals surface area contributed by atoms with E-state index in [0.29, 0.717) is 18.0 Å². The van der Waals surface area contributed by atoms with Gasteiger partial charge in [-0.05, 0) is 29.7 Å². The topological polar surface area (TPSA) is 73.0 Å². The summed E-state index contributed by atoms with van der Waals surface area (Å²) in [7, 11) is 0. The fourth-order valence-electron chi connectivity index (χ4n) is 1.67. The summed E-state index contributed by atoms with van der Waals surface area (Å²) in [5, 5.41) is 14.7. The summed E-state index contributed by atoms with van der Waals surface area (Å²) in [5.74, 6) is 0.421. The Labute approximate surface area is 124 Å². The second-order valence-corrected chi connectivity index (χ2v) is 4.98.